The first-order valence-electron chi connectivity index (χ1n) is 9.08. The summed E-state index contributed by atoms with van der Waals surface area (Å²) in [5, 5.41) is 12.1. The number of nitrogens with one attached hydrogen (secondary N) is 1. The van der Waals surface area contributed by atoms with Gasteiger partial charge in [0.1, 0.15) is 19.3 Å². The number of aliphatic carboxylic acids is 1. The van der Waals surface area contributed by atoms with Gasteiger partial charge in [-0.25, -0.2) is 9.59 Å². The molecule has 30 heavy (non-hydrogen) atoms. The largest absolute Gasteiger partial charge is 0.480 e. The summed E-state index contributed by atoms with van der Waals surface area (Å²) in [7, 11) is 0. The molecule has 2 aromatic rings. The van der Waals surface area contributed by atoms with Crippen molar-refractivity contribution >= 4 is 35.3 Å². The molecule has 9 heteroatoms. The van der Waals surface area contributed by atoms with Gasteiger partial charge < -0.3 is 25.6 Å². The fourth-order valence-corrected chi connectivity index (χ4v) is 3.06. The molecular formula is C21H23ClN2O6. The average molecular weight is 435 g/mol. The number of carboxylic acids is 1. The fraction of sp³-hybridized carbons (Fsp3) is 0.286. The van der Waals surface area contributed by atoms with Crippen molar-refractivity contribution < 1.29 is 29.0 Å². The number of hydrogen-bond acceptors (Lipinski definition) is 6. The Bertz CT molecular complexity index is 933. The summed E-state index contributed by atoms with van der Waals surface area (Å²) in [4.78, 5) is 35.0. The van der Waals surface area contributed by atoms with Crippen molar-refractivity contribution in [1.29, 1.82) is 0 Å². The molecule has 0 radical (unpaired) electrons. The minimum Gasteiger partial charge on any atom is -0.480 e. The number of nitrogens with two attached hydrogens (primary N) is 1. The van der Waals surface area contributed by atoms with Gasteiger partial charge in [-0.2, -0.15) is 0 Å². The maximum absolute atomic E-state index is 12.1. The summed E-state index contributed by atoms with van der Waals surface area (Å²) >= 11 is 6.15. The van der Waals surface area contributed by atoms with Crippen LogP contribution in [0.4, 0.5) is 10.5 Å². The van der Waals surface area contributed by atoms with Crippen molar-refractivity contribution in [2.24, 2.45) is 0 Å². The molecule has 0 heterocycles. The van der Waals surface area contributed by atoms with E-state index in [0.29, 0.717) is 22.4 Å². The van der Waals surface area contributed by atoms with E-state index in [1.54, 1.807) is 31.2 Å². The third-order valence-electron chi connectivity index (χ3n) is 4.45. The number of esters is 1. The second-order valence-electron chi connectivity index (χ2n) is 6.62. The van der Waals surface area contributed by atoms with Gasteiger partial charge in [-0.1, -0.05) is 41.9 Å². The van der Waals surface area contributed by atoms with Gasteiger partial charge in [-0.15, -0.1) is 0 Å². The molecule has 0 unspecified atom stereocenters. The van der Waals surface area contributed by atoms with Gasteiger partial charge in [-0.05, 0) is 35.2 Å². The molecule has 2 rings (SSSR count). The minimum absolute atomic E-state index is 0.00349. The molecule has 8 nitrogen and oxygen atoms in total. The maximum atomic E-state index is 12.1. The van der Waals surface area contributed by atoms with Crippen molar-refractivity contribution in [2.75, 3.05) is 5.73 Å². The number of benzene rings is 2. The van der Waals surface area contributed by atoms with Crippen LogP contribution in [-0.2, 0) is 38.7 Å². The van der Waals surface area contributed by atoms with E-state index in [0.717, 1.165) is 5.56 Å². The quantitative estimate of drug-likeness (QED) is 0.429. The number of hydrogen-bond donors (Lipinski definition) is 3. The number of amides is 1. The smallest absolute Gasteiger partial charge is 0.408 e. The average Bonchev–Trinajstić information content (AvgIpc) is 2.70. The predicted molar refractivity (Wildman–Crippen MR) is 111 cm³/mol. The van der Waals surface area contributed by atoms with Crippen LogP contribution in [0.5, 0.6) is 0 Å². The van der Waals surface area contributed by atoms with Crippen molar-refractivity contribution in [1.82, 2.24) is 5.32 Å². The Balaban J connectivity index is 2.16. The zero-order valence-corrected chi connectivity index (χ0v) is 17.4. The van der Waals surface area contributed by atoms with E-state index < -0.39 is 24.1 Å². The van der Waals surface area contributed by atoms with Gasteiger partial charge in [0.25, 0.3) is 0 Å². The fourth-order valence-electron chi connectivity index (χ4n) is 2.78. The zero-order valence-electron chi connectivity index (χ0n) is 16.6. The number of alkyl carbamates (subject to hydrolysis) is 1. The topological polar surface area (TPSA) is 128 Å². The summed E-state index contributed by atoms with van der Waals surface area (Å²) in [5.41, 5.74) is 8.63. The van der Waals surface area contributed by atoms with E-state index in [4.69, 9.17) is 26.8 Å². The highest BCUT2D eigenvalue weighted by molar-refractivity contribution is 6.33. The number of carboxylic acid groups (broad SMARTS) is 1. The number of carbonyl (C=O) groups is 3. The lowest BCUT2D eigenvalue weighted by Crippen LogP contribution is -2.42. The van der Waals surface area contributed by atoms with Gasteiger partial charge in [0.05, 0.1) is 10.7 Å². The lowest BCUT2D eigenvalue weighted by Gasteiger charge is -2.20. The van der Waals surface area contributed by atoms with Crippen LogP contribution in [0.1, 0.15) is 29.2 Å². The van der Waals surface area contributed by atoms with Crippen LogP contribution in [0, 0.1) is 6.92 Å². The van der Waals surface area contributed by atoms with E-state index in [2.05, 4.69) is 5.32 Å². The SMILES string of the molecule is CC(=O)OCc1c(C[C@@H](NC(=O)OCc2ccccc2)C(=O)O)cc(Cl)c(N)c1C. The van der Waals surface area contributed by atoms with Crippen molar-refractivity contribution in [3.8, 4) is 0 Å². The van der Waals surface area contributed by atoms with Crippen molar-refractivity contribution in [3.05, 3.63) is 63.7 Å². The lowest BCUT2D eigenvalue weighted by atomic mass is 9.95. The Morgan fingerprint density at radius 2 is 1.83 bits per heavy atom. The number of ether oxygens (including phenoxy) is 2. The predicted octanol–water partition coefficient (Wildman–Crippen LogP) is 3.22. The lowest BCUT2D eigenvalue weighted by molar-refractivity contribution is -0.142. The molecule has 0 aliphatic heterocycles. The van der Waals surface area contributed by atoms with E-state index in [9.17, 15) is 19.5 Å². The van der Waals surface area contributed by atoms with E-state index >= 15 is 0 Å². The third-order valence-corrected chi connectivity index (χ3v) is 4.76. The number of carbonyl (C=O) groups excluding carboxylic acids is 2. The minimum atomic E-state index is -1.29. The first-order chi connectivity index (χ1) is 14.2. The molecule has 0 aromatic heterocycles. The number of anilines is 1. The van der Waals surface area contributed by atoms with Crippen LogP contribution in [0.15, 0.2) is 36.4 Å². The molecule has 0 saturated heterocycles. The monoisotopic (exact) mass is 434 g/mol. The van der Waals surface area contributed by atoms with Gasteiger partial charge in [0.2, 0.25) is 0 Å². The van der Waals surface area contributed by atoms with Crippen LogP contribution in [0.2, 0.25) is 5.02 Å². The van der Waals surface area contributed by atoms with Gasteiger partial charge in [0.15, 0.2) is 0 Å². The number of halogens is 1. The normalized spacial score (nSPS) is 11.4. The third kappa shape index (κ3) is 6.38. The highest BCUT2D eigenvalue weighted by Gasteiger charge is 2.24. The molecule has 0 fully saturated rings. The van der Waals surface area contributed by atoms with Crippen LogP contribution in [-0.4, -0.2) is 29.2 Å². The highest BCUT2D eigenvalue weighted by atomic mass is 35.5. The molecule has 160 valence electrons. The Morgan fingerprint density at radius 3 is 2.43 bits per heavy atom. The summed E-state index contributed by atoms with van der Waals surface area (Å²) < 4.78 is 10.2. The number of nitrogen functional groups attached to an aromatic ring is 1. The van der Waals surface area contributed by atoms with E-state index in [-0.39, 0.29) is 24.7 Å². The molecule has 4 N–H and O–H groups in total. The van der Waals surface area contributed by atoms with Crippen LogP contribution in [0.25, 0.3) is 0 Å². The number of rotatable bonds is 8. The maximum Gasteiger partial charge on any atom is 0.408 e. The standard InChI is InChI=1S/C21H23ClN2O6/c1-12-16(11-29-13(2)25)15(8-17(22)19(12)23)9-18(20(26)27)24-21(28)30-10-14-6-4-3-5-7-14/h3-8,18H,9-11,23H2,1-2H3,(H,24,28)(H,26,27)/t18-/m1/s1. The van der Waals surface area contributed by atoms with Crippen LogP contribution < -0.4 is 11.1 Å². The van der Waals surface area contributed by atoms with Crippen molar-refractivity contribution in [3.63, 3.8) is 0 Å². The molecule has 0 aliphatic carbocycles. The summed E-state index contributed by atoms with van der Waals surface area (Å²) in [6, 6.07) is 9.21. The first kappa shape index (κ1) is 23.0. The molecular weight excluding hydrogens is 412 g/mol. The molecule has 2 aromatic carbocycles. The second-order valence-corrected chi connectivity index (χ2v) is 7.02. The Morgan fingerprint density at radius 1 is 1.17 bits per heavy atom. The van der Waals surface area contributed by atoms with Gasteiger partial charge >= 0.3 is 18.0 Å². The van der Waals surface area contributed by atoms with E-state index in [1.807, 2.05) is 6.07 Å². The Kier molecular flexibility index (Phi) is 8.06. The molecule has 0 spiro atoms. The summed E-state index contributed by atoms with van der Waals surface area (Å²) in [6.45, 7) is 2.87. The molecule has 1 atom stereocenters. The van der Waals surface area contributed by atoms with E-state index in [1.165, 1.54) is 13.0 Å². The molecule has 1 amide bonds. The Hall–Kier alpha value is -3.26. The Labute approximate surface area is 178 Å². The van der Waals surface area contributed by atoms with Crippen LogP contribution in [0.3, 0.4) is 0 Å². The zero-order chi connectivity index (χ0) is 22.3. The van der Waals surface area contributed by atoms with Gasteiger partial charge in [0, 0.05) is 13.3 Å². The summed E-state index contributed by atoms with van der Waals surface area (Å²) in [6.07, 6.45) is -0.973. The van der Waals surface area contributed by atoms with Gasteiger partial charge in [-0.3, -0.25) is 4.79 Å². The van der Waals surface area contributed by atoms with Crippen molar-refractivity contribution in [2.45, 2.75) is 39.5 Å². The van der Waals surface area contributed by atoms with Crippen LogP contribution >= 0.6 is 11.6 Å². The molecule has 0 bridgehead atoms. The summed E-state index contributed by atoms with van der Waals surface area (Å²) in [5.74, 6) is -1.75. The highest BCUT2D eigenvalue weighted by Crippen LogP contribution is 2.30. The molecule has 0 saturated carbocycles. The molecule has 0 aliphatic rings. The second kappa shape index (κ2) is 10.5. The first-order valence-corrected chi connectivity index (χ1v) is 9.46.